The van der Waals surface area contributed by atoms with E-state index in [0.717, 1.165) is 5.06 Å². The van der Waals surface area contributed by atoms with Crippen molar-refractivity contribution in [2.45, 2.75) is 19.4 Å². The maximum absolute atomic E-state index is 11.4. The highest BCUT2D eigenvalue weighted by molar-refractivity contribution is 6.57. The normalized spacial score (nSPS) is 11.9. The summed E-state index contributed by atoms with van der Waals surface area (Å²) in [6.07, 6.45) is 0.468. The summed E-state index contributed by atoms with van der Waals surface area (Å²) in [6, 6.07) is -0.623. The Kier molecular flexibility index (Phi) is 5.14. The van der Waals surface area contributed by atoms with Gasteiger partial charge in [0.25, 0.3) is 5.91 Å². The van der Waals surface area contributed by atoms with E-state index in [1.54, 1.807) is 6.92 Å². The average molecular weight is 184 g/mol. The van der Waals surface area contributed by atoms with Crippen molar-refractivity contribution in [2.24, 2.45) is 0 Å². The quantitative estimate of drug-likeness (QED) is 0.480. The Bertz CT molecular complexity index is 198. The second-order valence-electron chi connectivity index (χ2n) is 2.49. The smallest absolute Gasteiger partial charge is 0.268 e. The molecule has 0 aliphatic rings. The fourth-order valence-electron chi connectivity index (χ4n) is 0.820. The first-order valence-electron chi connectivity index (χ1n) is 3.90. The largest absolute Gasteiger partial charge is 0.354 e. The molecule has 0 aliphatic heterocycles. The fourth-order valence-corrected chi connectivity index (χ4v) is 0.820. The number of nitrogens with zero attached hydrogens (tertiary/aromatic N) is 1. The number of likely N-dealkylation sites (N-methyl/N-ethyl adjacent to an activating group) is 1. The van der Waals surface area contributed by atoms with Gasteiger partial charge in [0.15, 0.2) is 5.81 Å². The van der Waals surface area contributed by atoms with Crippen molar-refractivity contribution in [1.82, 2.24) is 10.4 Å². The van der Waals surface area contributed by atoms with E-state index in [0.29, 0.717) is 6.42 Å². The van der Waals surface area contributed by atoms with Crippen LogP contribution < -0.4 is 5.32 Å². The number of hydrogen-bond acceptors (Lipinski definition) is 3. The molecule has 0 saturated carbocycles. The van der Waals surface area contributed by atoms with Gasteiger partial charge in [0, 0.05) is 7.05 Å². The molecule has 0 fully saturated rings. The standard InChI is InChI=1S/C7H13BN2O3/c1-4-5(9-7(8)12)6(11)10(2)13-3/h5H,4H2,1-3H3,(H,9,12)/t5-/m0/s1. The molecule has 2 radical (unpaired) electrons. The molecule has 0 saturated heterocycles. The molecule has 6 heteroatoms. The van der Waals surface area contributed by atoms with Crippen LogP contribution >= 0.6 is 0 Å². The summed E-state index contributed by atoms with van der Waals surface area (Å²) in [5.41, 5.74) is 0. The van der Waals surface area contributed by atoms with Gasteiger partial charge in [0.05, 0.1) is 7.11 Å². The van der Waals surface area contributed by atoms with E-state index in [4.69, 9.17) is 7.85 Å². The van der Waals surface area contributed by atoms with Crippen molar-refractivity contribution in [3.05, 3.63) is 0 Å². The second kappa shape index (κ2) is 5.58. The highest BCUT2D eigenvalue weighted by Gasteiger charge is 2.20. The van der Waals surface area contributed by atoms with Crippen LogP contribution in [-0.2, 0) is 9.63 Å². The van der Waals surface area contributed by atoms with E-state index in [2.05, 4.69) is 10.2 Å². The molecule has 0 unspecified atom stereocenters. The highest BCUT2D eigenvalue weighted by atomic mass is 16.7. The Morgan fingerprint density at radius 1 is 1.62 bits per heavy atom. The van der Waals surface area contributed by atoms with Crippen LogP contribution in [0.25, 0.3) is 0 Å². The molecule has 0 rings (SSSR count). The first-order chi connectivity index (χ1) is 6.02. The molecular formula is C7H13BN2O3. The van der Waals surface area contributed by atoms with Crippen LogP contribution in [0.5, 0.6) is 0 Å². The van der Waals surface area contributed by atoms with Crippen LogP contribution in [0, 0.1) is 0 Å². The van der Waals surface area contributed by atoms with Gasteiger partial charge in [-0.15, -0.1) is 0 Å². The fraction of sp³-hybridized carbons (Fsp3) is 0.714. The first-order valence-corrected chi connectivity index (χ1v) is 3.90. The maximum Gasteiger partial charge on any atom is 0.268 e. The lowest BCUT2D eigenvalue weighted by Gasteiger charge is -2.21. The Morgan fingerprint density at radius 3 is 2.46 bits per heavy atom. The van der Waals surface area contributed by atoms with Crippen molar-refractivity contribution < 1.29 is 14.4 Å². The Labute approximate surface area is 78.8 Å². The minimum absolute atomic E-state index is 0.330. The molecule has 0 heterocycles. The van der Waals surface area contributed by atoms with E-state index in [9.17, 15) is 9.59 Å². The number of hydroxylamine groups is 2. The van der Waals surface area contributed by atoms with E-state index in [1.807, 2.05) is 0 Å². The maximum atomic E-state index is 11.4. The van der Waals surface area contributed by atoms with Crippen LogP contribution in [0.1, 0.15) is 13.3 Å². The molecular weight excluding hydrogens is 171 g/mol. The average Bonchev–Trinajstić information content (AvgIpc) is 2.11. The molecule has 0 bridgehead atoms. The van der Waals surface area contributed by atoms with Crippen LogP contribution in [0.15, 0.2) is 0 Å². The minimum Gasteiger partial charge on any atom is -0.354 e. The van der Waals surface area contributed by atoms with E-state index < -0.39 is 11.8 Å². The van der Waals surface area contributed by atoms with Gasteiger partial charge in [0.1, 0.15) is 6.04 Å². The summed E-state index contributed by atoms with van der Waals surface area (Å²) < 4.78 is 0. The summed E-state index contributed by atoms with van der Waals surface area (Å²) in [7, 11) is 7.72. The molecule has 1 atom stereocenters. The molecule has 2 amide bonds. The Balaban J connectivity index is 4.22. The van der Waals surface area contributed by atoms with Gasteiger partial charge in [-0.1, -0.05) is 6.92 Å². The van der Waals surface area contributed by atoms with Crippen molar-refractivity contribution >= 4 is 19.6 Å². The number of carbonyl (C=O) groups excluding carboxylic acids is 2. The molecule has 0 aliphatic carbocycles. The predicted octanol–water partition coefficient (Wildman–Crippen LogP) is -0.337. The molecule has 0 aromatic carbocycles. The molecule has 72 valence electrons. The van der Waals surface area contributed by atoms with Gasteiger partial charge < -0.3 is 5.32 Å². The topological polar surface area (TPSA) is 58.6 Å². The zero-order valence-electron chi connectivity index (χ0n) is 8.03. The third kappa shape index (κ3) is 3.94. The van der Waals surface area contributed by atoms with E-state index in [-0.39, 0.29) is 5.91 Å². The van der Waals surface area contributed by atoms with Crippen molar-refractivity contribution in [3.8, 4) is 0 Å². The lowest BCUT2D eigenvalue weighted by Crippen LogP contribution is -2.46. The predicted molar refractivity (Wildman–Crippen MR) is 48.1 cm³/mol. The SMILES string of the molecule is [B]C(=O)N[C@@H](CC)C(=O)N(C)OC. The van der Waals surface area contributed by atoms with Gasteiger partial charge >= 0.3 is 0 Å². The van der Waals surface area contributed by atoms with Crippen LogP contribution in [0.2, 0.25) is 0 Å². The van der Waals surface area contributed by atoms with Gasteiger partial charge in [-0.3, -0.25) is 14.4 Å². The number of nitrogens with one attached hydrogen (secondary N) is 1. The first kappa shape index (κ1) is 12.0. The number of hydrogen-bond donors (Lipinski definition) is 1. The van der Waals surface area contributed by atoms with Crippen molar-refractivity contribution in [1.29, 1.82) is 0 Å². The lowest BCUT2D eigenvalue weighted by molar-refractivity contribution is -0.170. The summed E-state index contributed by atoms with van der Waals surface area (Å²) in [5, 5.41) is 3.36. The zero-order valence-corrected chi connectivity index (χ0v) is 8.03. The summed E-state index contributed by atoms with van der Waals surface area (Å²) in [4.78, 5) is 26.5. The monoisotopic (exact) mass is 184 g/mol. The van der Waals surface area contributed by atoms with Crippen molar-refractivity contribution in [2.75, 3.05) is 14.2 Å². The summed E-state index contributed by atoms with van der Waals surface area (Å²) in [5.74, 6) is -1.05. The molecule has 0 aromatic rings. The van der Waals surface area contributed by atoms with Crippen LogP contribution in [0.4, 0.5) is 4.79 Å². The Morgan fingerprint density at radius 2 is 2.15 bits per heavy atom. The van der Waals surface area contributed by atoms with Gasteiger partial charge in [-0.05, 0) is 6.42 Å². The van der Waals surface area contributed by atoms with Crippen LogP contribution in [0.3, 0.4) is 0 Å². The van der Waals surface area contributed by atoms with Gasteiger partial charge in [0.2, 0.25) is 7.85 Å². The zero-order chi connectivity index (χ0) is 10.4. The molecule has 1 N–H and O–H groups in total. The highest BCUT2D eigenvalue weighted by Crippen LogP contribution is 1.97. The molecule has 13 heavy (non-hydrogen) atoms. The minimum atomic E-state index is -0.718. The Hall–Kier alpha value is -1.04. The number of amides is 2. The van der Waals surface area contributed by atoms with Gasteiger partial charge in [-0.2, -0.15) is 0 Å². The van der Waals surface area contributed by atoms with Gasteiger partial charge in [-0.25, -0.2) is 5.06 Å². The second-order valence-corrected chi connectivity index (χ2v) is 2.49. The number of carbonyl (C=O) groups is 2. The number of rotatable bonds is 4. The van der Waals surface area contributed by atoms with E-state index >= 15 is 0 Å². The van der Waals surface area contributed by atoms with Crippen molar-refractivity contribution in [3.63, 3.8) is 0 Å². The molecule has 0 spiro atoms. The lowest BCUT2D eigenvalue weighted by atomic mass is 10.1. The summed E-state index contributed by atoms with van der Waals surface area (Å²) in [6.45, 7) is 1.77. The molecule has 0 aromatic heterocycles. The van der Waals surface area contributed by atoms with Crippen LogP contribution in [-0.4, -0.2) is 44.8 Å². The molecule has 5 nitrogen and oxygen atoms in total. The summed E-state index contributed by atoms with van der Waals surface area (Å²) >= 11 is 0. The third-order valence-electron chi connectivity index (χ3n) is 1.61. The third-order valence-corrected chi connectivity index (χ3v) is 1.61. The van der Waals surface area contributed by atoms with E-state index in [1.165, 1.54) is 14.2 Å².